The fraction of sp³-hybridized carbons (Fsp3) is 0.933. The number of nitrogens with zero attached hydrogens (tertiary/aromatic N) is 2. The van der Waals surface area contributed by atoms with E-state index in [1.165, 1.54) is 4.31 Å². The quantitative estimate of drug-likeness (QED) is 0.732. The number of carbonyl (C=O) groups excluding carboxylic acids is 1. The largest absolute Gasteiger partial charge is 0.466 e. The lowest BCUT2D eigenvalue weighted by molar-refractivity contribution is -0.149. The highest BCUT2D eigenvalue weighted by Gasteiger charge is 2.38. The van der Waals surface area contributed by atoms with E-state index in [9.17, 15) is 13.2 Å². The van der Waals surface area contributed by atoms with Crippen LogP contribution in [-0.2, 0) is 19.7 Å². The van der Waals surface area contributed by atoms with Crippen molar-refractivity contribution in [1.82, 2.24) is 8.61 Å². The summed E-state index contributed by atoms with van der Waals surface area (Å²) in [7, 11) is -3.47. The number of rotatable bonds is 4. The molecular weight excluding hydrogens is 304 g/mol. The van der Waals surface area contributed by atoms with Crippen LogP contribution >= 0.6 is 0 Å². The van der Waals surface area contributed by atoms with Crippen molar-refractivity contribution in [1.29, 1.82) is 0 Å². The molecule has 2 aliphatic heterocycles. The van der Waals surface area contributed by atoms with Crippen LogP contribution in [0, 0.1) is 17.8 Å². The van der Waals surface area contributed by atoms with Crippen LogP contribution in [0.15, 0.2) is 0 Å². The van der Waals surface area contributed by atoms with E-state index in [1.54, 1.807) is 11.2 Å². The van der Waals surface area contributed by atoms with Crippen molar-refractivity contribution in [3.63, 3.8) is 0 Å². The Morgan fingerprint density at radius 3 is 2.36 bits per heavy atom. The number of hydrogen-bond acceptors (Lipinski definition) is 4. The number of esters is 1. The number of ether oxygens (including phenoxy) is 1. The molecule has 0 aromatic rings. The van der Waals surface area contributed by atoms with Crippen molar-refractivity contribution in [2.45, 2.75) is 40.0 Å². The summed E-state index contributed by atoms with van der Waals surface area (Å²) in [5, 5.41) is 0. The molecule has 7 heteroatoms. The Labute approximate surface area is 134 Å². The fourth-order valence-electron chi connectivity index (χ4n) is 3.56. The van der Waals surface area contributed by atoms with Crippen molar-refractivity contribution < 1.29 is 17.9 Å². The molecule has 22 heavy (non-hydrogen) atoms. The van der Waals surface area contributed by atoms with Crippen molar-refractivity contribution in [3.8, 4) is 0 Å². The lowest BCUT2D eigenvalue weighted by Gasteiger charge is -2.39. The predicted molar refractivity (Wildman–Crippen MR) is 84.4 cm³/mol. The lowest BCUT2D eigenvalue weighted by Crippen LogP contribution is -2.52. The standard InChI is InChI=1S/C15H28N2O4S/c1-4-21-15(18)14-6-5-7-16(11-14)22(19,20)17-9-12(2)8-13(3)10-17/h12-14H,4-11H2,1-3H3/t12-,13+,14-/m1/s1. The minimum Gasteiger partial charge on any atom is -0.466 e. The summed E-state index contributed by atoms with van der Waals surface area (Å²) in [4.78, 5) is 11.9. The van der Waals surface area contributed by atoms with Gasteiger partial charge in [0.15, 0.2) is 0 Å². The maximum atomic E-state index is 12.9. The molecule has 0 aromatic heterocycles. The van der Waals surface area contributed by atoms with Gasteiger partial charge in [0.1, 0.15) is 0 Å². The molecule has 2 aliphatic rings. The van der Waals surface area contributed by atoms with E-state index in [0.717, 1.165) is 6.42 Å². The maximum absolute atomic E-state index is 12.9. The van der Waals surface area contributed by atoms with Gasteiger partial charge >= 0.3 is 5.97 Å². The Kier molecular flexibility index (Phi) is 5.85. The normalized spacial score (nSPS) is 31.9. The van der Waals surface area contributed by atoms with Gasteiger partial charge in [-0.25, -0.2) is 0 Å². The summed E-state index contributed by atoms with van der Waals surface area (Å²) in [5.74, 6) is 0.152. The Hall–Kier alpha value is -0.660. The third-order valence-corrected chi connectivity index (χ3v) is 6.43. The average molecular weight is 332 g/mol. The molecule has 2 fully saturated rings. The van der Waals surface area contributed by atoms with Gasteiger partial charge in [0.25, 0.3) is 10.2 Å². The van der Waals surface area contributed by atoms with Crippen molar-refractivity contribution in [2.75, 3.05) is 32.8 Å². The van der Waals surface area contributed by atoms with Gasteiger partial charge in [-0.2, -0.15) is 17.0 Å². The molecule has 0 unspecified atom stereocenters. The third kappa shape index (κ3) is 4.00. The summed E-state index contributed by atoms with van der Waals surface area (Å²) < 4.78 is 33.8. The molecule has 0 aliphatic carbocycles. The zero-order chi connectivity index (χ0) is 16.3. The Balaban J connectivity index is 2.06. The Morgan fingerprint density at radius 2 is 1.77 bits per heavy atom. The minimum absolute atomic E-state index is 0.250. The van der Waals surface area contributed by atoms with Gasteiger partial charge in [-0.1, -0.05) is 13.8 Å². The van der Waals surface area contributed by atoms with E-state index in [0.29, 0.717) is 50.9 Å². The van der Waals surface area contributed by atoms with Gasteiger partial charge in [-0.05, 0) is 38.0 Å². The van der Waals surface area contributed by atoms with Crippen molar-refractivity contribution in [2.24, 2.45) is 17.8 Å². The highest BCUT2D eigenvalue weighted by atomic mass is 32.2. The van der Waals surface area contributed by atoms with E-state index in [2.05, 4.69) is 13.8 Å². The molecule has 128 valence electrons. The highest BCUT2D eigenvalue weighted by Crippen LogP contribution is 2.27. The van der Waals surface area contributed by atoms with Crippen molar-refractivity contribution >= 4 is 16.2 Å². The molecule has 0 spiro atoms. The van der Waals surface area contributed by atoms with E-state index < -0.39 is 10.2 Å². The summed E-state index contributed by atoms with van der Waals surface area (Å²) in [5.41, 5.74) is 0. The first-order valence-corrected chi connectivity index (χ1v) is 9.66. The molecule has 2 rings (SSSR count). The first kappa shape index (κ1) is 17.7. The topological polar surface area (TPSA) is 66.9 Å². The predicted octanol–water partition coefficient (Wildman–Crippen LogP) is 1.48. The van der Waals surface area contributed by atoms with E-state index in [-0.39, 0.29) is 18.4 Å². The van der Waals surface area contributed by atoms with Crippen LogP contribution in [0.3, 0.4) is 0 Å². The first-order valence-electron chi connectivity index (χ1n) is 8.26. The van der Waals surface area contributed by atoms with Gasteiger partial charge < -0.3 is 4.74 Å². The summed E-state index contributed by atoms with van der Waals surface area (Å²) >= 11 is 0. The van der Waals surface area contributed by atoms with Gasteiger partial charge in [-0.15, -0.1) is 0 Å². The summed E-state index contributed by atoms with van der Waals surface area (Å²) in [6.07, 6.45) is 2.48. The second kappa shape index (κ2) is 7.27. The minimum atomic E-state index is -3.47. The van der Waals surface area contributed by atoms with Crippen LogP contribution in [0.2, 0.25) is 0 Å². The number of carbonyl (C=O) groups is 1. The molecule has 0 N–H and O–H groups in total. The first-order chi connectivity index (χ1) is 10.3. The van der Waals surface area contributed by atoms with Crippen LogP contribution in [-0.4, -0.2) is 55.8 Å². The SMILES string of the molecule is CCOC(=O)[C@@H]1CCCN(S(=O)(=O)N2C[C@H](C)C[C@H](C)C2)C1. The Morgan fingerprint density at radius 1 is 1.14 bits per heavy atom. The van der Waals surface area contributed by atoms with Crippen molar-refractivity contribution in [3.05, 3.63) is 0 Å². The van der Waals surface area contributed by atoms with Gasteiger partial charge in [0, 0.05) is 26.2 Å². The smallest absolute Gasteiger partial charge is 0.310 e. The average Bonchev–Trinajstić information content (AvgIpc) is 2.46. The van der Waals surface area contributed by atoms with Gasteiger partial charge in [0.05, 0.1) is 12.5 Å². The fourth-order valence-corrected chi connectivity index (χ4v) is 5.50. The molecule has 2 heterocycles. The molecular formula is C15H28N2O4S. The van der Waals surface area contributed by atoms with Crippen LogP contribution in [0.25, 0.3) is 0 Å². The van der Waals surface area contributed by atoms with Crippen LogP contribution in [0.4, 0.5) is 0 Å². The molecule has 6 nitrogen and oxygen atoms in total. The summed E-state index contributed by atoms with van der Waals surface area (Å²) in [6, 6.07) is 0. The Bertz CT molecular complexity index is 484. The van der Waals surface area contributed by atoms with E-state index in [4.69, 9.17) is 4.74 Å². The van der Waals surface area contributed by atoms with E-state index in [1.807, 2.05) is 0 Å². The lowest BCUT2D eigenvalue weighted by atomic mass is 9.94. The molecule has 0 amide bonds. The van der Waals surface area contributed by atoms with Crippen LogP contribution < -0.4 is 0 Å². The zero-order valence-corrected chi connectivity index (χ0v) is 14.6. The van der Waals surface area contributed by atoms with E-state index >= 15 is 0 Å². The molecule has 2 saturated heterocycles. The number of hydrogen-bond donors (Lipinski definition) is 0. The van der Waals surface area contributed by atoms with Gasteiger partial charge in [0.2, 0.25) is 0 Å². The second-order valence-corrected chi connectivity index (χ2v) is 8.65. The number of piperidine rings is 2. The molecule has 3 atom stereocenters. The maximum Gasteiger partial charge on any atom is 0.310 e. The highest BCUT2D eigenvalue weighted by molar-refractivity contribution is 7.86. The van der Waals surface area contributed by atoms with Crippen LogP contribution in [0.1, 0.15) is 40.0 Å². The second-order valence-electron chi connectivity index (χ2n) is 6.72. The van der Waals surface area contributed by atoms with Crippen LogP contribution in [0.5, 0.6) is 0 Å². The summed E-state index contributed by atoms with van der Waals surface area (Å²) in [6.45, 7) is 8.19. The molecule has 0 bridgehead atoms. The monoisotopic (exact) mass is 332 g/mol. The third-order valence-electron chi connectivity index (χ3n) is 4.49. The zero-order valence-electron chi connectivity index (χ0n) is 13.8. The molecule has 0 saturated carbocycles. The molecule has 0 aromatic carbocycles. The molecule has 0 radical (unpaired) electrons. The van der Waals surface area contributed by atoms with Gasteiger partial charge in [-0.3, -0.25) is 4.79 Å².